The number of hydrogen-bond donors (Lipinski definition) is 3. The van der Waals surface area contributed by atoms with E-state index in [1.54, 1.807) is 0 Å². The van der Waals surface area contributed by atoms with Gasteiger partial charge in [-0.2, -0.15) is 4.72 Å². The number of nitrogens with one attached hydrogen (secondary N) is 3. The first-order valence-electron chi connectivity index (χ1n) is 6.67. The lowest BCUT2D eigenvalue weighted by Gasteiger charge is -2.17. The van der Waals surface area contributed by atoms with E-state index in [0.717, 1.165) is 13.0 Å². The molecule has 1 aromatic rings. The maximum Gasteiger partial charge on any atom is 0.241 e. The molecule has 0 radical (unpaired) electrons. The zero-order valence-corrected chi connectivity index (χ0v) is 13.2. The summed E-state index contributed by atoms with van der Waals surface area (Å²) in [5, 5.41) is 6.39. The summed E-state index contributed by atoms with van der Waals surface area (Å²) in [4.78, 5) is 12.1. The molecule has 21 heavy (non-hydrogen) atoms. The van der Waals surface area contributed by atoms with E-state index < -0.39 is 16.1 Å². The molecule has 1 fully saturated rings. The SMILES string of the molecule is CC(NS(=O)(=O)c1ccc(Cl)cc1)C(=O)NC1CCNC1. The summed E-state index contributed by atoms with van der Waals surface area (Å²) in [5.41, 5.74) is 0. The molecular formula is C13H18ClN3O3S. The molecule has 0 aromatic heterocycles. The highest BCUT2D eigenvalue weighted by atomic mass is 35.5. The molecule has 2 unspecified atom stereocenters. The largest absolute Gasteiger partial charge is 0.351 e. The lowest BCUT2D eigenvalue weighted by Crippen LogP contribution is -2.48. The van der Waals surface area contributed by atoms with E-state index in [4.69, 9.17) is 11.6 Å². The Hall–Kier alpha value is -1.15. The van der Waals surface area contributed by atoms with Gasteiger partial charge in [0.25, 0.3) is 0 Å². The molecule has 2 rings (SSSR count). The summed E-state index contributed by atoms with van der Waals surface area (Å²) in [6.45, 7) is 3.09. The van der Waals surface area contributed by atoms with Crippen LogP contribution in [-0.2, 0) is 14.8 Å². The van der Waals surface area contributed by atoms with E-state index in [-0.39, 0.29) is 16.8 Å². The molecule has 8 heteroatoms. The Balaban J connectivity index is 1.98. The van der Waals surface area contributed by atoms with Gasteiger partial charge in [-0.3, -0.25) is 4.79 Å². The minimum Gasteiger partial charge on any atom is -0.351 e. The summed E-state index contributed by atoms with van der Waals surface area (Å²) >= 11 is 5.73. The second-order valence-electron chi connectivity index (χ2n) is 5.00. The minimum absolute atomic E-state index is 0.0555. The highest BCUT2D eigenvalue weighted by Gasteiger charge is 2.24. The smallest absolute Gasteiger partial charge is 0.241 e. The molecule has 3 N–H and O–H groups in total. The molecule has 1 aromatic carbocycles. The van der Waals surface area contributed by atoms with Crippen molar-refractivity contribution in [1.29, 1.82) is 0 Å². The molecule has 6 nitrogen and oxygen atoms in total. The van der Waals surface area contributed by atoms with Gasteiger partial charge in [0.05, 0.1) is 10.9 Å². The van der Waals surface area contributed by atoms with Crippen molar-refractivity contribution in [1.82, 2.24) is 15.4 Å². The van der Waals surface area contributed by atoms with Crippen LogP contribution < -0.4 is 15.4 Å². The van der Waals surface area contributed by atoms with Crippen LogP contribution in [0.4, 0.5) is 0 Å². The average molecular weight is 332 g/mol. The van der Waals surface area contributed by atoms with Crippen molar-refractivity contribution in [3.63, 3.8) is 0 Å². The number of carbonyl (C=O) groups excluding carboxylic acids is 1. The van der Waals surface area contributed by atoms with Crippen LogP contribution in [0.15, 0.2) is 29.2 Å². The molecule has 2 atom stereocenters. The van der Waals surface area contributed by atoms with Crippen LogP contribution in [0, 0.1) is 0 Å². The lowest BCUT2D eigenvalue weighted by atomic mass is 10.2. The van der Waals surface area contributed by atoms with Crippen molar-refractivity contribution >= 4 is 27.5 Å². The van der Waals surface area contributed by atoms with Crippen LogP contribution in [0.25, 0.3) is 0 Å². The van der Waals surface area contributed by atoms with Gasteiger partial charge >= 0.3 is 0 Å². The average Bonchev–Trinajstić information content (AvgIpc) is 2.91. The second-order valence-corrected chi connectivity index (χ2v) is 7.15. The van der Waals surface area contributed by atoms with Crippen molar-refractivity contribution in [2.75, 3.05) is 13.1 Å². The fraction of sp³-hybridized carbons (Fsp3) is 0.462. The molecular weight excluding hydrogens is 314 g/mol. The van der Waals surface area contributed by atoms with Gasteiger partial charge in [0, 0.05) is 17.6 Å². The molecule has 0 aliphatic carbocycles. The quantitative estimate of drug-likeness (QED) is 0.732. The first kappa shape index (κ1) is 16.2. The van der Waals surface area contributed by atoms with Crippen molar-refractivity contribution in [2.45, 2.75) is 30.3 Å². The molecule has 0 bridgehead atoms. The first-order valence-corrected chi connectivity index (χ1v) is 8.53. The number of carbonyl (C=O) groups is 1. The van der Waals surface area contributed by atoms with Gasteiger partial charge in [-0.05, 0) is 44.2 Å². The Morgan fingerprint density at radius 3 is 2.62 bits per heavy atom. The van der Waals surface area contributed by atoms with Crippen LogP contribution in [0.3, 0.4) is 0 Å². The van der Waals surface area contributed by atoms with Crippen LogP contribution in [-0.4, -0.2) is 39.5 Å². The van der Waals surface area contributed by atoms with Crippen molar-refractivity contribution in [3.8, 4) is 0 Å². The van der Waals surface area contributed by atoms with Gasteiger partial charge in [-0.15, -0.1) is 0 Å². The maximum absolute atomic E-state index is 12.1. The Bertz CT molecular complexity index is 598. The van der Waals surface area contributed by atoms with Gasteiger partial charge in [-0.1, -0.05) is 11.6 Å². The third kappa shape index (κ3) is 4.41. The van der Waals surface area contributed by atoms with Crippen LogP contribution in [0.5, 0.6) is 0 Å². The Kier molecular flexibility index (Phi) is 5.21. The molecule has 1 amide bonds. The summed E-state index contributed by atoms with van der Waals surface area (Å²) in [6, 6.07) is 4.99. The zero-order valence-electron chi connectivity index (χ0n) is 11.6. The molecule has 0 saturated carbocycles. The normalized spacial score (nSPS) is 20.2. The standard InChI is InChI=1S/C13H18ClN3O3S/c1-9(13(18)16-11-6-7-15-8-11)17-21(19,20)12-4-2-10(14)3-5-12/h2-5,9,11,15,17H,6-8H2,1H3,(H,16,18). The topological polar surface area (TPSA) is 87.3 Å². The predicted molar refractivity (Wildman–Crippen MR) is 80.7 cm³/mol. The van der Waals surface area contributed by atoms with Crippen LogP contribution >= 0.6 is 11.6 Å². The maximum atomic E-state index is 12.1. The number of rotatable bonds is 5. The summed E-state index contributed by atoms with van der Waals surface area (Å²) < 4.78 is 26.7. The molecule has 0 spiro atoms. The monoisotopic (exact) mass is 331 g/mol. The van der Waals surface area contributed by atoms with E-state index in [1.807, 2.05) is 0 Å². The Morgan fingerprint density at radius 2 is 2.05 bits per heavy atom. The van der Waals surface area contributed by atoms with E-state index in [1.165, 1.54) is 31.2 Å². The van der Waals surface area contributed by atoms with Gasteiger partial charge < -0.3 is 10.6 Å². The van der Waals surface area contributed by atoms with E-state index in [9.17, 15) is 13.2 Å². The number of amides is 1. The Morgan fingerprint density at radius 1 is 1.38 bits per heavy atom. The molecule has 1 heterocycles. The number of halogens is 1. The van der Waals surface area contributed by atoms with E-state index in [2.05, 4.69) is 15.4 Å². The third-order valence-corrected chi connectivity index (χ3v) is 5.06. The van der Waals surface area contributed by atoms with Gasteiger partial charge in [-0.25, -0.2) is 8.42 Å². The molecule has 1 saturated heterocycles. The highest BCUT2D eigenvalue weighted by Crippen LogP contribution is 2.14. The van der Waals surface area contributed by atoms with Crippen LogP contribution in [0.1, 0.15) is 13.3 Å². The number of sulfonamides is 1. The second kappa shape index (κ2) is 6.74. The first-order chi connectivity index (χ1) is 9.88. The number of hydrogen-bond acceptors (Lipinski definition) is 4. The van der Waals surface area contributed by atoms with Gasteiger partial charge in [0.1, 0.15) is 0 Å². The molecule has 1 aliphatic heterocycles. The number of benzene rings is 1. The summed E-state index contributed by atoms with van der Waals surface area (Å²) in [7, 11) is -3.74. The van der Waals surface area contributed by atoms with E-state index in [0.29, 0.717) is 11.6 Å². The third-order valence-electron chi connectivity index (χ3n) is 3.26. The summed E-state index contributed by atoms with van der Waals surface area (Å²) in [5.74, 6) is -0.332. The molecule has 1 aliphatic rings. The predicted octanol–water partition coefficient (Wildman–Crippen LogP) is 0.485. The van der Waals surface area contributed by atoms with Crippen LogP contribution in [0.2, 0.25) is 5.02 Å². The Labute approximate surface area is 129 Å². The fourth-order valence-corrected chi connectivity index (χ4v) is 3.40. The van der Waals surface area contributed by atoms with Gasteiger partial charge in [0.15, 0.2) is 0 Å². The highest BCUT2D eigenvalue weighted by molar-refractivity contribution is 7.89. The summed E-state index contributed by atoms with van der Waals surface area (Å²) in [6.07, 6.45) is 0.850. The fourth-order valence-electron chi connectivity index (χ4n) is 2.07. The van der Waals surface area contributed by atoms with E-state index >= 15 is 0 Å². The lowest BCUT2D eigenvalue weighted by molar-refractivity contribution is -0.122. The van der Waals surface area contributed by atoms with Crippen molar-refractivity contribution in [3.05, 3.63) is 29.3 Å². The van der Waals surface area contributed by atoms with Crippen molar-refractivity contribution < 1.29 is 13.2 Å². The zero-order chi connectivity index (χ0) is 15.5. The van der Waals surface area contributed by atoms with Gasteiger partial charge in [0.2, 0.25) is 15.9 Å². The minimum atomic E-state index is -3.74. The van der Waals surface area contributed by atoms with Crippen molar-refractivity contribution in [2.24, 2.45) is 0 Å². The molecule has 116 valence electrons.